The summed E-state index contributed by atoms with van der Waals surface area (Å²) in [5.41, 5.74) is 3.82. The number of aryl methyl sites for hydroxylation is 1. The highest BCUT2D eigenvalue weighted by Gasteiger charge is 2.58. The number of amides is 1. The molecule has 1 aromatic carbocycles. The third kappa shape index (κ3) is 4.33. The lowest BCUT2D eigenvalue weighted by molar-refractivity contribution is -0.124. The van der Waals surface area contributed by atoms with Crippen molar-refractivity contribution in [2.24, 2.45) is 0 Å². The zero-order valence-corrected chi connectivity index (χ0v) is 24.5. The molecule has 41 heavy (non-hydrogen) atoms. The molecule has 218 valence electrons. The maximum absolute atomic E-state index is 13.8. The van der Waals surface area contributed by atoms with Gasteiger partial charge in [-0.15, -0.1) is 0 Å². The number of Topliss-reactive ketones (excluding diaryl/α,β-unsaturated/α-hetero) is 2. The van der Waals surface area contributed by atoms with Crippen LogP contribution in [0.3, 0.4) is 0 Å². The minimum atomic E-state index is -0.706. The fourth-order valence-electron chi connectivity index (χ4n) is 7.29. The molecule has 11 nitrogen and oxygen atoms in total. The first-order valence-corrected chi connectivity index (χ1v) is 13.6. The molecule has 2 bridgehead atoms. The zero-order valence-electron chi connectivity index (χ0n) is 24.5. The molecule has 1 aromatic rings. The van der Waals surface area contributed by atoms with E-state index in [4.69, 9.17) is 18.9 Å². The highest BCUT2D eigenvalue weighted by atomic mass is 16.7. The van der Waals surface area contributed by atoms with E-state index in [1.165, 1.54) is 14.0 Å². The van der Waals surface area contributed by atoms with Gasteiger partial charge in [-0.2, -0.15) is 5.26 Å². The highest BCUT2D eigenvalue weighted by molar-refractivity contribution is 6.25. The first-order chi connectivity index (χ1) is 19.6. The van der Waals surface area contributed by atoms with Crippen LogP contribution in [0.1, 0.15) is 43.0 Å². The summed E-state index contributed by atoms with van der Waals surface area (Å²) in [4.78, 5) is 43.9. The number of hydrogen-bond donors (Lipinski definition) is 1. The number of nitrogens with zero attached hydrogens (tertiary/aromatic N) is 3. The van der Waals surface area contributed by atoms with Gasteiger partial charge in [-0.1, -0.05) is 6.07 Å². The van der Waals surface area contributed by atoms with Crippen LogP contribution in [0.2, 0.25) is 0 Å². The van der Waals surface area contributed by atoms with Crippen molar-refractivity contribution >= 4 is 17.5 Å². The number of benzene rings is 1. The van der Waals surface area contributed by atoms with Crippen molar-refractivity contribution in [1.29, 1.82) is 5.26 Å². The van der Waals surface area contributed by atoms with E-state index in [1.54, 1.807) is 21.1 Å². The summed E-state index contributed by atoms with van der Waals surface area (Å²) in [5.74, 6) is 0.262. The number of carbonyl (C=O) groups is 3. The van der Waals surface area contributed by atoms with Gasteiger partial charge in [0, 0.05) is 54.9 Å². The lowest BCUT2D eigenvalue weighted by atomic mass is 9.69. The number of hydrogen-bond acceptors (Lipinski definition) is 10. The Morgan fingerprint density at radius 3 is 2.44 bits per heavy atom. The van der Waals surface area contributed by atoms with Crippen LogP contribution < -0.4 is 14.8 Å². The van der Waals surface area contributed by atoms with Gasteiger partial charge in [0.1, 0.15) is 6.04 Å². The largest absolute Gasteiger partial charge is 0.493 e. The Balaban J connectivity index is 1.75. The number of piperazine rings is 1. The van der Waals surface area contributed by atoms with Gasteiger partial charge in [0.15, 0.2) is 29.8 Å². The van der Waals surface area contributed by atoms with E-state index < -0.39 is 12.1 Å². The van der Waals surface area contributed by atoms with Gasteiger partial charge in [-0.05, 0) is 44.9 Å². The summed E-state index contributed by atoms with van der Waals surface area (Å²) in [5, 5.41) is 13.4. The lowest BCUT2D eigenvalue weighted by Crippen LogP contribution is -2.71. The second-order valence-corrected chi connectivity index (χ2v) is 11.0. The molecule has 1 saturated heterocycles. The number of nitriles is 1. The second kappa shape index (κ2) is 10.9. The maximum Gasteiger partial charge on any atom is 0.226 e. The quantitative estimate of drug-likeness (QED) is 0.386. The average Bonchev–Trinajstić information content (AvgIpc) is 2.93. The van der Waals surface area contributed by atoms with Gasteiger partial charge in [0.25, 0.3) is 0 Å². The normalized spacial score (nSPS) is 27.5. The van der Waals surface area contributed by atoms with E-state index in [-0.39, 0.29) is 66.7 Å². The third-order valence-electron chi connectivity index (χ3n) is 8.91. The predicted octanol–water partition coefficient (Wildman–Crippen LogP) is 1.74. The number of ether oxygens (including phenoxy) is 4. The molecule has 1 N–H and O–H groups in total. The summed E-state index contributed by atoms with van der Waals surface area (Å²) in [6, 6.07) is 2.37. The van der Waals surface area contributed by atoms with Crippen LogP contribution in [0, 0.1) is 18.3 Å². The van der Waals surface area contributed by atoms with Crippen LogP contribution in [-0.4, -0.2) is 93.2 Å². The fourth-order valence-corrected chi connectivity index (χ4v) is 7.29. The molecule has 0 spiro atoms. The van der Waals surface area contributed by atoms with Crippen LogP contribution in [0.25, 0.3) is 0 Å². The summed E-state index contributed by atoms with van der Waals surface area (Å²) in [6.07, 6.45) is 0.802. The minimum absolute atomic E-state index is 0.00339. The molecule has 0 saturated carbocycles. The number of rotatable bonds is 7. The van der Waals surface area contributed by atoms with E-state index >= 15 is 0 Å². The summed E-state index contributed by atoms with van der Waals surface area (Å²) >= 11 is 0. The van der Waals surface area contributed by atoms with Crippen molar-refractivity contribution in [3.05, 3.63) is 45.2 Å². The van der Waals surface area contributed by atoms with E-state index in [0.29, 0.717) is 29.1 Å². The van der Waals surface area contributed by atoms with Crippen molar-refractivity contribution in [3.8, 4) is 17.6 Å². The molecule has 1 aliphatic carbocycles. The monoisotopic (exact) mass is 564 g/mol. The molecule has 1 fully saturated rings. The zero-order chi connectivity index (χ0) is 29.7. The van der Waals surface area contributed by atoms with Crippen LogP contribution >= 0.6 is 0 Å². The molecule has 3 heterocycles. The maximum atomic E-state index is 13.8. The topological polar surface area (TPSA) is 130 Å². The van der Waals surface area contributed by atoms with Crippen LogP contribution in [0.5, 0.6) is 11.5 Å². The smallest absolute Gasteiger partial charge is 0.226 e. The van der Waals surface area contributed by atoms with Crippen molar-refractivity contribution in [2.75, 3.05) is 41.7 Å². The molecule has 5 atom stereocenters. The summed E-state index contributed by atoms with van der Waals surface area (Å²) in [7, 11) is 6.50. The second-order valence-electron chi connectivity index (χ2n) is 11.0. The SMILES string of the molecule is COCOc1c(OC)c(C)cc2c1[C@@H]1C3CC4=C(C(=O)C(OC)=C(C)C4=O)[C@H](CNC(C)=O)N3[C@@H](C#N)[C@H](C2)N1C. The number of carbonyl (C=O) groups excluding carboxylic acids is 3. The van der Waals surface area contributed by atoms with Crippen LogP contribution in [0.15, 0.2) is 28.5 Å². The van der Waals surface area contributed by atoms with Gasteiger partial charge < -0.3 is 24.3 Å². The first kappa shape index (κ1) is 28.8. The Kier molecular flexibility index (Phi) is 7.68. The number of nitrogens with one attached hydrogen (secondary N) is 1. The van der Waals surface area contributed by atoms with Crippen molar-refractivity contribution in [1.82, 2.24) is 15.1 Å². The molecule has 4 aliphatic rings. The van der Waals surface area contributed by atoms with Gasteiger partial charge in [0.05, 0.1) is 32.4 Å². The Bertz CT molecular complexity index is 1420. The minimum Gasteiger partial charge on any atom is -0.493 e. The standard InChI is InChI=1S/C30H36N4O7/c1-14-8-17-9-19-21(11-31)34-20(25(33(19)4)23(17)30(28(14)39-6)41-13-38-5)10-18-24(22(34)12-32-16(3)35)27(37)29(40-7)15(2)26(18)36/h8,19-22,25H,9-10,12-13H2,1-7H3,(H,32,35)/t19-,20?,21-,22-,25-/m0/s1. The van der Waals surface area contributed by atoms with Gasteiger partial charge >= 0.3 is 0 Å². The number of methoxy groups -OCH3 is 3. The molecule has 1 amide bonds. The third-order valence-corrected chi connectivity index (χ3v) is 8.91. The number of likely N-dealkylation sites (N-methyl/N-ethyl adjacent to an activating group) is 1. The molecule has 11 heteroatoms. The van der Waals surface area contributed by atoms with E-state index in [9.17, 15) is 19.6 Å². The van der Waals surface area contributed by atoms with Crippen molar-refractivity contribution in [2.45, 2.75) is 63.8 Å². The molecule has 3 aliphatic heterocycles. The summed E-state index contributed by atoms with van der Waals surface area (Å²) < 4.78 is 22.6. The predicted molar refractivity (Wildman–Crippen MR) is 147 cm³/mol. The number of fused-ring (bicyclic) bond motifs is 6. The number of ketones is 2. The Labute approximate surface area is 239 Å². The van der Waals surface area contributed by atoms with Gasteiger partial charge in [0.2, 0.25) is 11.7 Å². The van der Waals surface area contributed by atoms with Crippen LogP contribution in [0.4, 0.5) is 0 Å². The van der Waals surface area contributed by atoms with Gasteiger partial charge in [-0.3, -0.25) is 24.2 Å². The van der Waals surface area contributed by atoms with E-state index in [1.807, 2.05) is 18.9 Å². The average molecular weight is 565 g/mol. The van der Waals surface area contributed by atoms with E-state index in [0.717, 1.165) is 16.7 Å². The molecule has 5 rings (SSSR count). The highest BCUT2D eigenvalue weighted by Crippen LogP contribution is 2.54. The molecule has 0 radical (unpaired) electrons. The first-order valence-electron chi connectivity index (χ1n) is 13.6. The fraction of sp³-hybridized carbons (Fsp3) is 0.533. The Morgan fingerprint density at radius 1 is 1.10 bits per heavy atom. The molecular formula is C30H36N4O7. The van der Waals surface area contributed by atoms with Gasteiger partial charge in [-0.25, -0.2) is 0 Å². The Hall–Kier alpha value is -3.72. The Morgan fingerprint density at radius 2 is 1.83 bits per heavy atom. The van der Waals surface area contributed by atoms with Crippen LogP contribution in [-0.2, 0) is 30.3 Å². The van der Waals surface area contributed by atoms with Crippen molar-refractivity contribution < 1.29 is 33.3 Å². The van der Waals surface area contributed by atoms with Crippen molar-refractivity contribution in [3.63, 3.8) is 0 Å². The molecular weight excluding hydrogens is 528 g/mol. The summed E-state index contributed by atoms with van der Waals surface area (Å²) in [6.45, 7) is 5.03. The van der Waals surface area contributed by atoms with E-state index in [2.05, 4.69) is 22.4 Å². The lowest BCUT2D eigenvalue weighted by Gasteiger charge is -2.60. The molecule has 0 aromatic heterocycles. The number of allylic oxidation sites excluding steroid dienone is 2. The molecule has 1 unspecified atom stereocenters.